The third-order valence-electron chi connectivity index (χ3n) is 3.19. The second-order valence-electron chi connectivity index (χ2n) is 4.79. The molecule has 0 bridgehead atoms. The molecule has 1 amide bonds. The SMILES string of the molecule is O=C(/C=C/c1cccc([N+](=O)[O-])c1)OCC(=O)N1CCOCC1. The molecule has 0 aromatic heterocycles. The standard InChI is InChI=1S/C15H16N2O6/c18-14(16-6-8-22-9-7-16)11-23-15(19)5-4-12-2-1-3-13(10-12)17(20)21/h1-5,10H,6-9,11H2/b5-4+. The zero-order valence-electron chi connectivity index (χ0n) is 12.3. The van der Waals surface area contributed by atoms with Gasteiger partial charge in [-0.1, -0.05) is 12.1 Å². The summed E-state index contributed by atoms with van der Waals surface area (Å²) in [6.45, 7) is 1.59. The van der Waals surface area contributed by atoms with Gasteiger partial charge >= 0.3 is 5.97 Å². The Kier molecular flexibility index (Phi) is 5.81. The molecule has 122 valence electrons. The highest BCUT2D eigenvalue weighted by Crippen LogP contribution is 2.14. The third-order valence-corrected chi connectivity index (χ3v) is 3.19. The van der Waals surface area contributed by atoms with Crippen LogP contribution in [0.2, 0.25) is 0 Å². The van der Waals surface area contributed by atoms with E-state index < -0.39 is 10.9 Å². The van der Waals surface area contributed by atoms with E-state index in [2.05, 4.69) is 0 Å². The molecule has 0 radical (unpaired) electrons. The van der Waals surface area contributed by atoms with Crippen molar-refractivity contribution < 1.29 is 24.0 Å². The summed E-state index contributed by atoms with van der Waals surface area (Å²) in [5, 5.41) is 10.7. The minimum absolute atomic E-state index is 0.0667. The van der Waals surface area contributed by atoms with Gasteiger partial charge < -0.3 is 14.4 Å². The van der Waals surface area contributed by atoms with Gasteiger partial charge in [0.05, 0.1) is 18.1 Å². The summed E-state index contributed by atoms with van der Waals surface area (Å²) in [4.78, 5) is 35.1. The van der Waals surface area contributed by atoms with Crippen molar-refractivity contribution >= 4 is 23.6 Å². The van der Waals surface area contributed by atoms with E-state index in [4.69, 9.17) is 9.47 Å². The first-order chi connectivity index (χ1) is 11.1. The number of nitro groups is 1. The third kappa shape index (κ3) is 5.19. The Morgan fingerprint density at radius 1 is 1.35 bits per heavy atom. The van der Waals surface area contributed by atoms with E-state index in [9.17, 15) is 19.7 Å². The number of benzene rings is 1. The summed E-state index contributed by atoms with van der Waals surface area (Å²) in [5.74, 6) is -0.955. The summed E-state index contributed by atoms with van der Waals surface area (Å²) in [7, 11) is 0. The maximum Gasteiger partial charge on any atom is 0.331 e. The molecule has 8 heteroatoms. The average molecular weight is 320 g/mol. The van der Waals surface area contributed by atoms with Crippen molar-refractivity contribution in [3.63, 3.8) is 0 Å². The summed E-state index contributed by atoms with van der Waals surface area (Å²) >= 11 is 0. The first-order valence-electron chi connectivity index (χ1n) is 7.01. The minimum atomic E-state index is -0.682. The highest BCUT2D eigenvalue weighted by atomic mass is 16.6. The molecule has 0 unspecified atom stereocenters. The fraction of sp³-hybridized carbons (Fsp3) is 0.333. The van der Waals surface area contributed by atoms with Gasteiger partial charge in [0.1, 0.15) is 0 Å². The number of morpholine rings is 1. The Balaban J connectivity index is 1.83. The van der Waals surface area contributed by atoms with Crippen molar-refractivity contribution in [1.29, 1.82) is 0 Å². The largest absolute Gasteiger partial charge is 0.452 e. The van der Waals surface area contributed by atoms with Crippen LogP contribution in [0.3, 0.4) is 0 Å². The van der Waals surface area contributed by atoms with Gasteiger partial charge in [0.2, 0.25) is 0 Å². The second kappa shape index (κ2) is 8.04. The van der Waals surface area contributed by atoms with E-state index >= 15 is 0 Å². The maximum atomic E-state index is 11.8. The fourth-order valence-corrected chi connectivity index (χ4v) is 1.99. The number of nitro benzene ring substituents is 1. The number of nitrogens with zero attached hydrogens (tertiary/aromatic N) is 2. The number of non-ortho nitro benzene ring substituents is 1. The number of hydrogen-bond acceptors (Lipinski definition) is 6. The average Bonchev–Trinajstić information content (AvgIpc) is 2.58. The van der Waals surface area contributed by atoms with Crippen LogP contribution in [0.4, 0.5) is 5.69 Å². The van der Waals surface area contributed by atoms with Crippen molar-refractivity contribution in [2.75, 3.05) is 32.9 Å². The molecule has 2 rings (SSSR count). The van der Waals surface area contributed by atoms with E-state index in [1.54, 1.807) is 11.0 Å². The summed E-state index contributed by atoms with van der Waals surface area (Å²) in [5.41, 5.74) is 0.429. The topological polar surface area (TPSA) is 99.0 Å². The number of carbonyl (C=O) groups is 2. The Hall–Kier alpha value is -2.74. The Bertz CT molecular complexity index is 622. The van der Waals surface area contributed by atoms with Crippen LogP contribution in [0.25, 0.3) is 6.08 Å². The van der Waals surface area contributed by atoms with Crippen LogP contribution in [-0.4, -0.2) is 54.6 Å². The molecule has 8 nitrogen and oxygen atoms in total. The lowest BCUT2D eigenvalue weighted by atomic mass is 10.2. The Labute approximate surface area is 132 Å². The monoisotopic (exact) mass is 320 g/mol. The van der Waals surface area contributed by atoms with Crippen molar-refractivity contribution in [3.8, 4) is 0 Å². The van der Waals surface area contributed by atoms with Gasteiger partial charge in [0, 0.05) is 31.3 Å². The lowest BCUT2D eigenvalue weighted by molar-refractivity contribution is -0.384. The van der Waals surface area contributed by atoms with E-state index in [0.717, 1.165) is 6.08 Å². The van der Waals surface area contributed by atoms with Crippen LogP contribution in [0.15, 0.2) is 30.3 Å². The molecule has 0 saturated carbocycles. The molecule has 0 atom stereocenters. The van der Waals surface area contributed by atoms with Crippen LogP contribution in [0.1, 0.15) is 5.56 Å². The first-order valence-corrected chi connectivity index (χ1v) is 7.01. The quantitative estimate of drug-likeness (QED) is 0.347. The molecule has 0 aliphatic carbocycles. The number of amides is 1. The normalized spacial score (nSPS) is 14.7. The Morgan fingerprint density at radius 2 is 2.09 bits per heavy atom. The summed E-state index contributed by atoms with van der Waals surface area (Å²) in [6, 6.07) is 5.83. The van der Waals surface area contributed by atoms with Crippen LogP contribution in [0, 0.1) is 10.1 Å². The van der Waals surface area contributed by atoms with Gasteiger partial charge in [-0.3, -0.25) is 14.9 Å². The summed E-state index contributed by atoms with van der Waals surface area (Å²) in [6.07, 6.45) is 2.53. The summed E-state index contributed by atoms with van der Waals surface area (Å²) < 4.78 is 9.99. The highest BCUT2D eigenvalue weighted by Gasteiger charge is 2.17. The van der Waals surface area contributed by atoms with Crippen LogP contribution < -0.4 is 0 Å². The Morgan fingerprint density at radius 3 is 2.78 bits per heavy atom. The van der Waals surface area contributed by atoms with Gasteiger partial charge in [-0.25, -0.2) is 4.79 Å². The fourth-order valence-electron chi connectivity index (χ4n) is 1.99. The van der Waals surface area contributed by atoms with Gasteiger partial charge in [0.25, 0.3) is 11.6 Å². The van der Waals surface area contributed by atoms with Gasteiger partial charge in [0.15, 0.2) is 6.61 Å². The number of hydrogen-bond donors (Lipinski definition) is 0. The van der Waals surface area contributed by atoms with Crippen molar-refractivity contribution in [2.45, 2.75) is 0 Å². The van der Waals surface area contributed by atoms with Crippen LogP contribution in [0.5, 0.6) is 0 Å². The second-order valence-corrected chi connectivity index (χ2v) is 4.79. The molecular weight excluding hydrogens is 304 g/mol. The lowest BCUT2D eigenvalue weighted by Crippen LogP contribution is -2.42. The minimum Gasteiger partial charge on any atom is -0.452 e. The smallest absolute Gasteiger partial charge is 0.331 e. The van der Waals surface area contributed by atoms with Crippen molar-refractivity contribution in [2.24, 2.45) is 0 Å². The first kappa shape index (κ1) is 16.6. The van der Waals surface area contributed by atoms with Gasteiger partial charge in [-0.05, 0) is 11.6 Å². The molecule has 1 aromatic rings. The predicted octanol–water partition coefficient (Wildman–Crippen LogP) is 1.01. The predicted molar refractivity (Wildman–Crippen MR) is 80.5 cm³/mol. The molecule has 1 saturated heterocycles. The lowest BCUT2D eigenvalue weighted by Gasteiger charge is -2.26. The van der Waals surface area contributed by atoms with E-state index in [1.165, 1.54) is 24.3 Å². The van der Waals surface area contributed by atoms with E-state index in [1.807, 2.05) is 0 Å². The number of ether oxygens (including phenoxy) is 2. The van der Waals surface area contributed by atoms with Crippen molar-refractivity contribution in [3.05, 3.63) is 46.0 Å². The zero-order valence-corrected chi connectivity index (χ0v) is 12.3. The number of rotatable bonds is 5. The molecule has 0 N–H and O–H groups in total. The molecule has 1 fully saturated rings. The molecule has 0 spiro atoms. The maximum absolute atomic E-state index is 11.8. The molecular formula is C15H16N2O6. The van der Waals surface area contributed by atoms with Crippen molar-refractivity contribution in [1.82, 2.24) is 4.90 Å². The number of carbonyl (C=O) groups excluding carboxylic acids is 2. The molecule has 1 heterocycles. The highest BCUT2D eigenvalue weighted by molar-refractivity contribution is 5.89. The molecule has 23 heavy (non-hydrogen) atoms. The molecule has 1 aromatic carbocycles. The zero-order chi connectivity index (χ0) is 16.7. The van der Waals surface area contributed by atoms with Gasteiger partial charge in [-0.2, -0.15) is 0 Å². The molecule has 1 aliphatic rings. The van der Waals surface area contributed by atoms with Gasteiger partial charge in [-0.15, -0.1) is 0 Å². The van der Waals surface area contributed by atoms with Crippen LogP contribution >= 0.6 is 0 Å². The molecule has 1 aliphatic heterocycles. The van der Waals surface area contributed by atoms with Crippen LogP contribution in [-0.2, 0) is 19.1 Å². The van der Waals surface area contributed by atoms with E-state index in [0.29, 0.717) is 31.9 Å². The van der Waals surface area contributed by atoms with E-state index in [-0.39, 0.29) is 18.2 Å². The number of esters is 1.